The maximum absolute atomic E-state index is 10.8. The number of hydrogen-bond donors (Lipinski definition) is 4. The van der Waals surface area contributed by atoms with E-state index in [0.717, 1.165) is 0 Å². The molecule has 7 nitrogen and oxygen atoms in total. The first-order chi connectivity index (χ1) is 6.82. The third kappa shape index (κ3) is 1.97. The van der Waals surface area contributed by atoms with Crippen LogP contribution in [-0.4, -0.2) is 58.5 Å². The minimum absolute atomic E-state index is 1.06. The summed E-state index contributed by atoms with van der Waals surface area (Å²) in [6, 6.07) is 0. The number of rotatable bonds is 3. The molecule has 1 aliphatic heterocycles. The number of aliphatic carboxylic acids is 1. The third-order valence-corrected chi connectivity index (χ3v) is 2.50. The van der Waals surface area contributed by atoms with Crippen LogP contribution in [0.5, 0.6) is 0 Å². The van der Waals surface area contributed by atoms with Crippen molar-refractivity contribution in [3.05, 3.63) is 0 Å². The number of carbonyl (C=O) groups is 1. The molecule has 0 radical (unpaired) electrons. The minimum Gasteiger partial charge on any atom is -0.480 e. The summed E-state index contributed by atoms with van der Waals surface area (Å²) in [5.41, 5.74) is 3.70. The molecule has 1 heterocycles. The van der Waals surface area contributed by atoms with E-state index < -0.39 is 36.1 Å². The van der Waals surface area contributed by atoms with Crippen LogP contribution < -0.4 is 5.73 Å². The normalized spacial score (nSPS) is 40.1. The highest BCUT2D eigenvalue weighted by Crippen LogP contribution is 2.28. The van der Waals surface area contributed by atoms with Crippen molar-refractivity contribution >= 4 is 5.97 Å². The van der Waals surface area contributed by atoms with E-state index in [0.29, 0.717) is 0 Å². The summed E-state index contributed by atoms with van der Waals surface area (Å²) in [4.78, 5) is 10.8. The molecule has 0 aromatic carbocycles. The standard InChI is InChI=1S/C8H15NO6/c1-8(9,7(12)13)5-3(10)4(11)6(14-2)15-5/h3-6,10-11H,9H2,1-2H3,(H,12,13)/t3-,4+,5+,6+,8-/m1/s1. The molecule has 0 bridgehead atoms. The van der Waals surface area contributed by atoms with Crippen molar-refractivity contribution in [1.29, 1.82) is 0 Å². The van der Waals surface area contributed by atoms with Crippen LogP contribution in [-0.2, 0) is 14.3 Å². The monoisotopic (exact) mass is 221 g/mol. The van der Waals surface area contributed by atoms with E-state index in [1.165, 1.54) is 14.0 Å². The Kier molecular flexibility index (Phi) is 3.31. The van der Waals surface area contributed by atoms with E-state index in [2.05, 4.69) is 0 Å². The van der Waals surface area contributed by atoms with E-state index >= 15 is 0 Å². The average molecular weight is 221 g/mol. The molecule has 0 aliphatic carbocycles. The van der Waals surface area contributed by atoms with E-state index in [-0.39, 0.29) is 0 Å². The van der Waals surface area contributed by atoms with Crippen molar-refractivity contribution < 1.29 is 29.6 Å². The molecule has 0 aromatic rings. The highest BCUT2D eigenvalue weighted by molar-refractivity contribution is 5.79. The Balaban J connectivity index is 2.86. The molecule has 1 rings (SSSR count). The molecule has 1 fully saturated rings. The Morgan fingerprint density at radius 3 is 2.33 bits per heavy atom. The molecule has 7 heteroatoms. The van der Waals surface area contributed by atoms with E-state index in [1.807, 2.05) is 0 Å². The van der Waals surface area contributed by atoms with Gasteiger partial charge < -0.3 is 30.5 Å². The van der Waals surface area contributed by atoms with Crippen LogP contribution >= 0.6 is 0 Å². The van der Waals surface area contributed by atoms with Gasteiger partial charge in [0.2, 0.25) is 0 Å². The van der Waals surface area contributed by atoms with Crippen LogP contribution in [0, 0.1) is 0 Å². The first kappa shape index (κ1) is 12.3. The summed E-state index contributed by atoms with van der Waals surface area (Å²) < 4.78 is 9.75. The van der Waals surface area contributed by atoms with Crippen LogP contribution in [0.15, 0.2) is 0 Å². The molecule has 0 unspecified atom stereocenters. The number of hydrogen-bond acceptors (Lipinski definition) is 6. The summed E-state index contributed by atoms with van der Waals surface area (Å²) in [6.45, 7) is 1.20. The summed E-state index contributed by atoms with van der Waals surface area (Å²) in [7, 11) is 1.28. The topological polar surface area (TPSA) is 122 Å². The second-order valence-electron chi connectivity index (χ2n) is 3.73. The fourth-order valence-electron chi connectivity index (χ4n) is 1.46. The van der Waals surface area contributed by atoms with Gasteiger partial charge in [-0.1, -0.05) is 0 Å². The van der Waals surface area contributed by atoms with E-state index in [1.54, 1.807) is 0 Å². The first-order valence-corrected chi connectivity index (χ1v) is 4.39. The van der Waals surface area contributed by atoms with Crippen molar-refractivity contribution in [3.63, 3.8) is 0 Å². The zero-order chi connectivity index (χ0) is 11.8. The lowest BCUT2D eigenvalue weighted by atomic mass is 9.91. The zero-order valence-electron chi connectivity index (χ0n) is 8.45. The Morgan fingerprint density at radius 2 is 2.00 bits per heavy atom. The van der Waals surface area contributed by atoms with Gasteiger partial charge in [-0.15, -0.1) is 0 Å². The van der Waals surface area contributed by atoms with Crippen molar-refractivity contribution in [3.8, 4) is 0 Å². The molecule has 1 aliphatic rings. The van der Waals surface area contributed by atoms with Crippen molar-refractivity contribution in [2.45, 2.75) is 37.1 Å². The highest BCUT2D eigenvalue weighted by Gasteiger charge is 2.53. The number of aliphatic hydroxyl groups is 2. The molecular formula is C8H15NO6. The van der Waals surface area contributed by atoms with Gasteiger partial charge in [-0.05, 0) is 6.92 Å². The minimum atomic E-state index is -1.78. The number of carboxylic acid groups (broad SMARTS) is 1. The number of ether oxygens (including phenoxy) is 2. The van der Waals surface area contributed by atoms with E-state index in [4.69, 9.17) is 20.3 Å². The molecule has 1 saturated heterocycles. The summed E-state index contributed by atoms with van der Waals surface area (Å²) >= 11 is 0. The average Bonchev–Trinajstić information content (AvgIpc) is 2.44. The van der Waals surface area contributed by atoms with Crippen LogP contribution in [0.2, 0.25) is 0 Å². The van der Waals surface area contributed by atoms with Gasteiger partial charge in [0.05, 0.1) is 0 Å². The number of aliphatic hydroxyl groups excluding tert-OH is 2. The quantitative estimate of drug-likeness (QED) is 0.429. The van der Waals surface area contributed by atoms with Gasteiger partial charge >= 0.3 is 5.97 Å². The predicted octanol–water partition coefficient (Wildman–Crippen LogP) is -2.12. The van der Waals surface area contributed by atoms with Crippen LogP contribution in [0.3, 0.4) is 0 Å². The van der Waals surface area contributed by atoms with Crippen molar-refractivity contribution in [2.24, 2.45) is 5.73 Å². The maximum atomic E-state index is 10.8. The number of carboxylic acids is 1. The van der Waals surface area contributed by atoms with Crippen molar-refractivity contribution in [1.82, 2.24) is 0 Å². The Morgan fingerprint density at radius 1 is 1.47 bits per heavy atom. The molecule has 0 saturated carbocycles. The van der Waals surface area contributed by atoms with E-state index in [9.17, 15) is 15.0 Å². The second kappa shape index (κ2) is 4.03. The van der Waals surface area contributed by atoms with Gasteiger partial charge in [0.25, 0.3) is 0 Å². The van der Waals surface area contributed by atoms with Crippen molar-refractivity contribution in [2.75, 3.05) is 7.11 Å². The highest BCUT2D eigenvalue weighted by atomic mass is 16.7. The van der Waals surface area contributed by atoms with Crippen LogP contribution in [0.25, 0.3) is 0 Å². The van der Waals surface area contributed by atoms with Gasteiger partial charge in [0, 0.05) is 7.11 Å². The molecule has 0 amide bonds. The number of nitrogens with two attached hydrogens (primary N) is 1. The molecule has 0 spiro atoms. The van der Waals surface area contributed by atoms with Gasteiger partial charge in [-0.2, -0.15) is 0 Å². The molecular weight excluding hydrogens is 206 g/mol. The summed E-state index contributed by atoms with van der Waals surface area (Å²) in [5, 5.41) is 27.8. The smallest absolute Gasteiger partial charge is 0.326 e. The zero-order valence-corrected chi connectivity index (χ0v) is 8.45. The van der Waals surface area contributed by atoms with Crippen LogP contribution in [0.1, 0.15) is 6.92 Å². The second-order valence-corrected chi connectivity index (χ2v) is 3.73. The lowest BCUT2D eigenvalue weighted by Crippen LogP contribution is -2.59. The first-order valence-electron chi connectivity index (χ1n) is 4.39. The molecule has 5 atom stereocenters. The molecule has 5 N–H and O–H groups in total. The third-order valence-electron chi connectivity index (χ3n) is 2.50. The molecule has 15 heavy (non-hydrogen) atoms. The Labute approximate surface area is 86.4 Å². The summed E-state index contributed by atoms with van der Waals surface area (Å²) in [5.74, 6) is -1.32. The Hall–Kier alpha value is -0.730. The summed E-state index contributed by atoms with van der Waals surface area (Å²) in [6.07, 6.45) is -4.97. The van der Waals surface area contributed by atoms with Crippen LogP contribution in [0.4, 0.5) is 0 Å². The van der Waals surface area contributed by atoms with Gasteiger partial charge in [-0.3, -0.25) is 4.79 Å². The Bertz CT molecular complexity index is 256. The number of methoxy groups -OCH3 is 1. The van der Waals surface area contributed by atoms with Gasteiger partial charge in [-0.25, -0.2) is 0 Å². The molecule has 88 valence electrons. The predicted molar refractivity (Wildman–Crippen MR) is 47.9 cm³/mol. The lowest BCUT2D eigenvalue weighted by Gasteiger charge is -2.28. The molecule has 0 aromatic heterocycles. The SMILES string of the molecule is CO[C@H]1O[C@H]([C@@](C)(N)C(=O)O)[C@H](O)[C@@H]1O. The largest absolute Gasteiger partial charge is 0.480 e. The lowest BCUT2D eigenvalue weighted by molar-refractivity contribution is -0.169. The maximum Gasteiger partial charge on any atom is 0.326 e. The fourth-order valence-corrected chi connectivity index (χ4v) is 1.46. The van der Waals surface area contributed by atoms with Gasteiger partial charge in [0.15, 0.2) is 6.29 Å². The fraction of sp³-hybridized carbons (Fsp3) is 0.875. The van der Waals surface area contributed by atoms with Gasteiger partial charge in [0.1, 0.15) is 23.9 Å².